The Morgan fingerprint density at radius 1 is 1.28 bits per heavy atom. The maximum absolute atomic E-state index is 15.0. The van der Waals surface area contributed by atoms with Gasteiger partial charge in [-0.3, -0.25) is 9.48 Å². The van der Waals surface area contributed by atoms with Crippen LogP contribution in [0, 0.1) is 11.6 Å². The smallest absolute Gasteiger partial charge is 0.274 e. The van der Waals surface area contributed by atoms with Gasteiger partial charge in [0.25, 0.3) is 5.91 Å². The number of amides is 1. The van der Waals surface area contributed by atoms with Crippen LogP contribution in [0.5, 0.6) is 5.75 Å². The molecular weight excluding hydrogens is 470 g/mol. The number of hydrogen-bond donors (Lipinski definition) is 2. The number of nitrogens with zero attached hydrogens (tertiary/aromatic N) is 5. The number of rotatable bonds is 6. The molecule has 0 spiro atoms. The Balaban J connectivity index is 1.56. The number of halogens is 2. The van der Waals surface area contributed by atoms with Crippen LogP contribution in [0.15, 0.2) is 42.7 Å². The number of aryl methyl sites for hydroxylation is 1. The summed E-state index contributed by atoms with van der Waals surface area (Å²) >= 11 is 0. The fourth-order valence-electron chi connectivity index (χ4n) is 4.65. The van der Waals surface area contributed by atoms with E-state index in [1.54, 1.807) is 19.3 Å². The first kappa shape index (κ1) is 23.6. The molecule has 3 heterocycles. The minimum absolute atomic E-state index is 0.0217. The summed E-state index contributed by atoms with van der Waals surface area (Å²) in [5.74, 6) is -1.61. The molecule has 1 amide bonds. The maximum atomic E-state index is 15.0. The highest BCUT2D eigenvalue weighted by atomic mass is 19.1. The highest BCUT2D eigenvalue weighted by Gasteiger charge is 2.30. The molecule has 1 unspecified atom stereocenters. The molecule has 11 heteroatoms. The first-order chi connectivity index (χ1) is 17.4. The van der Waals surface area contributed by atoms with Gasteiger partial charge < -0.3 is 20.1 Å². The summed E-state index contributed by atoms with van der Waals surface area (Å²) in [6, 6.07) is 6.75. The molecule has 5 rings (SSSR count). The van der Waals surface area contributed by atoms with E-state index in [2.05, 4.69) is 20.4 Å². The zero-order valence-electron chi connectivity index (χ0n) is 19.7. The van der Waals surface area contributed by atoms with Crippen LogP contribution < -0.4 is 15.0 Å². The molecule has 1 aliphatic heterocycles. The topological polar surface area (TPSA) is 105 Å². The second-order valence-corrected chi connectivity index (χ2v) is 8.53. The zero-order chi connectivity index (χ0) is 25.4. The van der Waals surface area contributed by atoms with E-state index in [-0.39, 0.29) is 46.7 Å². The van der Waals surface area contributed by atoms with Crippen LogP contribution in [0.2, 0.25) is 0 Å². The summed E-state index contributed by atoms with van der Waals surface area (Å²) in [6.45, 7) is 0.556. The maximum Gasteiger partial charge on any atom is 0.274 e. The molecule has 2 aromatic heterocycles. The highest BCUT2D eigenvalue weighted by molar-refractivity contribution is 6.09. The third-order valence-electron chi connectivity index (χ3n) is 6.27. The molecule has 9 nitrogen and oxygen atoms in total. The normalized spacial score (nSPS) is 15.5. The molecule has 4 aromatic rings. The third kappa shape index (κ3) is 4.11. The number of anilines is 2. The van der Waals surface area contributed by atoms with Crippen molar-refractivity contribution < 1.29 is 23.4 Å². The van der Waals surface area contributed by atoms with Crippen molar-refractivity contribution in [2.75, 3.05) is 30.5 Å². The molecule has 186 valence electrons. The van der Waals surface area contributed by atoms with Crippen molar-refractivity contribution in [3.05, 3.63) is 60.1 Å². The van der Waals surface area contributed by atoms with Crippen LogP contribution in [0.25, 0.3) is 22.3 Å². The Kier molecular flexibility index (Phi) is 6.23. The summed E-state index contributed by atoms with van der Waals surface area (Å²) in [7, 11) is 3.09. The minimum atomic E-state index is -0.627. The molecule has 1 fully saturated rings. The molecule has 0 radical (unpaired) electrons. The Bertz CT molecular complexity index is 1460. The number of aliphatic hydroxyl groups excluding tert-OH is 1. The molecule has 0 aliphatic carbocycles. The van der Waals surface area contributed by atoms with Gasteiger partial charge in [-0.15, -0.1) is 0 Å². The van der Waals surface area contributed by atoms with Crippen LogP contribution in [-0.4, -0.2) is 57.1 Å². The monoisotopic (exact) mass is 494 g/mol. The molecule has 1 atom stereocenters. The van der Waals surface area contributed by atoms with Crippen molar-refractivity contribution >= 4 is 28.2 Å². The zero-order valence-corrected chi connectivity index (χ0v) is 19.7. The van der Waals surface area contributed by atoms with Crippen LogP contribution in [0.1, 0.15) is 23.3 Å². The Hall–Kier alpha value is -4.12. The van der Waals surface area contributed by atoms with Gasteiger partial charge in [-0.05, 0) is 31.0 Å². The standard InChI is InChI=1S/C25H24F2N6O3/c1-32-12-15-22(31-32)17(27)11-19(23(15)33-10-4-5-14(33)13-34)30-25(35)18-8-9-28-24(29-18)21-16(26)6-3-7-20(21)36-2/h3,6-9,11-12,14,34H,4-5,10,13H2,1-2H3,(H,30,35). The predicted molar refractivity (Wildman–Crippen MR) is 130 cm³/mol. The lowest BCUT2D eigenvalue weighted by Gasteiger charge is -2.28. The van der Waals surface area contributed by atoms with E-state index in [4.69, 9.17) is 4.74 Å². The molecule has 1 aliphatic rings. The molecule has 36 heavy (non-hydrogen) atoms. The summed E-state index contributed by atoms with van der Waals surface area (Å²) < 4.78 is 36.3. The minimum Gasteiger partial charge on any atom is -0.496 e. The lowest BCUT2D eigenvalue weighted by molar-refractivity contribution is 0.102. The third-order valence-corrected chi connectivity index (χ3v) is 6.27. The summed E-state index contributed by atoms with van der Waals surface area (Å²) in [4.78, 5) is 23.6. The van der Waals surface area contributed by atoms with Crippen molar-refractivity contribution in [1.29, 1.82) is 0 Å². The summed E-state index contributed by atoms with van der Waals surface area (Å²) in [6.07, 6.45) is 4.64. The van der Waals surface area contributed by atoms with E-state index in [1.807, 2.05) is 4.90 Å². The van der Waals surface area contributed by atoms with E-state index in [9.17, 15) is 18.7 Å². The van der Waals surface area contributed by atoms with Crippen molar-refractivity contribution in [2.45, 2.75) is 18.9 Å². The van der Waals surface area contributed by atoms with Crippen LogP contribution in [0.3, 0.4) is 0 Å². The van der Waals surface area contributed by atoms with Gasteiger partial charge in [-0.2, -0.15) is 5.10 Å². The Morgan fingerprint density at radius 3 is 2.89 bits per heavy atom. The van der Waals surface area contributed by atoms with Gasteiger partial charge in [0.1, 0.15) is 22.8 Å². The molecule has 1 saturated heterocycles. The predicted octanol–water partition coefficient (Wildman–Crippen LogP) is 3.53. The number of carbonyl (C=O) groups excluding carboxylic acids is 1. The molecule has 2 N–H and O–H groups in total. The van der Waals surface area contributed by atoms with Crippen LogP contribution >= 0.6 is 0 Å². The largest absolute Gasteiger partial charge is 0.496 e. The Morgan fingerprint density at radius 2 is 2.11 bits per heavy atom. The number of hydrogen-bond acceptors (Lipinski definition) is 7. The lowest BCUT2D eigenvalue weighted by Crippen LogP contribution is -2.33. The highest BCUT2D eigenvalue weighted by Crippen LogP contribution is 2.40. The van der Waals surface area contributed by atoms with E-state index >= 15 is 0 Å². The molecule has 0 bridgehead atoms. The van der Waals surface area contributed by atoms with Gasteiger partial charge in [-0.25, -0.2) is 18.7 Å². The van der Waals surface area contributed by atoms with E-state index < -0.39 is 17.5 Å². The fourth-order valence-corrected chi connectivity index (χ4v) is 4.65. The number of ether oxygens (including phenoxy) is 1. The van der Waals surface area contributed by atoms with Gasteiger partial charge in [0.2, 0.25) is 0 Å². The van der Waals surface area contributed by atoms with Crippen molar-refractivity contribution in [3.63, 3.8) is 0 Å². The average molecular weight is 495 g/mol. The van der Waals surface area contributed by atoms with Gasteiger partial charge in [-0.1, -0.05) is 6.07 Å². The van der Waals surface area contributed by atoms with Gasteiger partial charge in [0.15, 0.2) is 11.6 Å². The van der Waals surface area contributed by atoms with E-state index in [0.717, 1.165) is 12.8 Å². The van der Waals surface area contributed by atoms with Crippen LogP contribution in [-0.2, 0) is 7.05 Å². The number of aliphatic hydroxyl groups is 1. The van der Waals surface area contributed by atoms with E-state index in [0.29, 0.717) is 17.6 Å². The van der Waals surface area contributed by atoms with Crippen molar-refractivity contribution in [2.24, 2.45) is 7.05 Å². The second kappa shape index (κ2) is 9.50. The first-order valence-corrected chi connectivity index (χ1v) is 11.4. The number of carbonyl (C=O) groups is 1. The number of methoxy groups -OCH3 is 1. The lowest BCUT2D eigenvalue weighted by atomic mass is 10.1. The summed E-state index contributed by atoms with van der Waals surface area (Å²) in [5, 5.41) is 17.4. The van der Waals surface area contributed by atoms with Crippen LogP contribution in [0.4, 0.5) is 20.2 Å². The summed E-state index contributed by atoms with van der Waals surface area (Å²) in [5.41, 5.74) is 0.964. The Labute approximate surface area is 205 Å². The molecular formula is C25H24F2N6O3. The van der Waals surface area contributed by atoms with Crippen molar-refractivity contribution in [3.8, 4) is 17.1 Å². The number of benzene rings is 2. The fraction of sp³-hybridized carbons (Fsp3) is 0.280. The van der Waals surface area contributed by atoms with Gasteiger partial charge in [0, 0.05) is 37.4 Å². The quantitative estimate of drug-likeness (QED) is 0.423. The average Bonchev–Trinajstić information content (AvgIpc) is 3.50. The van der Waals surface area contributed by atoms with E-state index in [1.165, 1.54) is 42.3 Å². The number of aromatic nitrogens is 4. The van der Waals surface area contributed by atoms with Crippen molar-refractivity contribution in [1.82, 2.24) is 19.7 Å². The molecule has 0 saturated carbocycles. The SMILES string of the molecule is COc1cccc(F)c1-c1nccc(C(=O)Nc2cc(F)c3nn(C)cc3c2N2CCCC2CO)n1. The second-order valence-electron chi connectivity index (χ2n) is 8.53. The number of fused-ring (bicyclic) bond motifs is 1. The first-order valence-electron chi connectivity index (χ1n) is 11.4. The van der Waals surface area contributed by atoms with Gasteiger partial charge in [0.05, 0.1) is 36.7 Å². The molecule has 2 aromatic carbocycles. The number of nitrogens with one attached hydrogen (secondary N) is 1. The van der Waals surface area contributed by atoms with Gasteiger partial charge >= 0.3 is 0 Å².